The van der Waals surface area contributed by atoms with Gasteiger partial charge in [-0.25, -0.2) is 0 Å². The fourth-order valence-corrected chi connectivity index (χ4v) is 4.13. The van der Waals surface area contributed by atoms with E-state index in [1.54, 1.807) is 11.3 Å². The minimum atomic E-state index is 0.625. The summed E-state index contributed by atoms with van der Waals surface area (Å²) in [5.74, 6) is 1.88. The molecule has 4 heteroatoms. The Morgan fingerprint density at radius 1 is 1.12 bits per heavy atom. The first-order valence-electron chi connectivity index (χ1n) is 8.27. The molecule has 126 valence electrons. The van der Waals surface area contributed by atoms with Gasteiger partial charge in [0.05, 0.1) is 17.7 Å². The van der Waals surface area contributed by atoms with Crippen molar-refractivity contribution < 1.29 is 9.15 Å². The van der Waals surface area contributed by atoms with Crippen molar-refractivity contribution in [2.75, 3.05) is 6.61 Å². The summed E-state index contributed by atoms with van der Waals surface area (Å²) in [4.78, 5) is 2.45. The van der Waals surface area contributed by atoms with Crippen molar-refractivity contribution in [3.05, 3.63) is 65.2 Å². The van der Waals surface area contributed by atoms with E-state index in [-0.39, 0.29) is 0 Å². The molecule has 0 saturated heterocycles. The number of hydrogen-bond acceptors (Lipinski definition) is 4. The molecule has 3 aromatic rings. The molecule has 0 aliphatic rings. The van der Waals surface area contributed by atoms with Crippen LogP contribution in [0.5, 0.6) is 0 Å². The predicted octanol–water partition coefficient (Wildman–Crippen LogP) is 6.62. The molecule has 2 heterocycles. The summed E-state index contributed by atoms with van der Waals surface area (Å²) in [5, 5.41) is 2.09. The molecule has 3 rings (SSSR count). The zero-order chi connectivity index (χ0) is 16.6. The Balaban J connectivity index is 1.76. The smallest absolute Gasteiger partial charge is 0.148 e. The highest BCUT2D eigenvalue weighted by Crippen LogP contribution is 2.36. The highest BCUT2D eigenvalue weighted by atomic mass is 32.2. The molecule has 0 amide bonds. The van der Waals surface area contributed by atoms with Crippen LogP contribution in [0.15, 0.2) is 63.4 Å². The molecule has 24 heavy (non-hydrogen) atoms. The van der Waals surface area contributed by atoms with Gasteiger partial charge in [0.1, 0.15) is 5.76 Å². The van der Waals surface area contributed by atoms with Crippen LogP contribution in [0.4, 0.5) is 0 Å². The quantitative estimate of drug-likeness (QED) is 0.317. The highest BCUT2D eigenvalue weighted by Gasteiger charge is 2.16. The lowest BCUT2D eigenvalue weighted by atomic mass is 10.1. The third-order valence-electron chi connectivity index (χ3n) is 3.75. The van der Waals surface area contributed by atoms with Crippen LogP contribution in [0.2, 0.25) is 0 Å². The molecular formula is C20H22O2S2. The third-order valence-corrected chi connectivity index (χ3v) is 5.66. The molecule has 0 atom stereocenters. The van der Waals surface area contributed by atoms with Crippen LogP contribution >= 0.6 is 23.1 Å². The van der Waals surface area contributed by atoms with Crippen molar-refractivity contribution in [1.82, 2.24) is 0 Å². The van der Waals surface area contributed by atoms with E-state index in [1.807, 2.05) is 24.1 Å². The number of unbranched alkanes of at least 4 members (excludes halogenated alkanes) is 1. The Morgan fingerprint density at radius 3 is 2.75 bits per heavy atom. The summed E-state index contributed by atoms with van der Waals surface area (Å²) in [5.41, 5.74) is 2.42. The van der Waals surface area contributed by atoms with E-state index < -0.39 is 0 Å². The molecule has 0 spiro atoms. The van der Waals surface area contributed by atoms with Crippen molar-refractivity contribution in [2.24, 2.45) is 0 Å². The molecule has 0 bridgehead atoms. The van der Waals surface area contributed by atoms with E-state index in [1.165, 1.54) is 15.3 Å². The third kappa shape index (κ3) is 4.53. The van der Waals surface area contributed by atoms with E-state index in [0.717, 1.165) is 36.5 Å². The first-order valence-corrected chi connectivity index (χ1v) is 10.1. The second-order valence-corrected chi connectivity index (χ2v) is 7.55. The number of rotatable bonds is 9. The van der Waals surface area contributed by atoms with E-state index >= 15 is 0 Å². The predicted molar refractivity (Wildman–Crippen MR) is 103 cm³/mol. The monoisotopic (exact) mass is 358 g/mol. The molecule has 1 aromatic carbocycles. The SMILES string of the molecule is CCCCOCc1coc(-c2cccs2)c1CSc1ccccc1. The van der Waals surface area contributed by atoms with Crippen molar-refractivity contribution in [3.8, 4) is 10.6 Å². The molecule has 0 N–H and O–H groups in total. The van der Waals surface area contributed by atoms with E-state index in [0.29, 0.717) is 6.61 Å². The molecule has 0 unspecified atom stereocenters. The maximum absolute atomic E-state index is 5.90. The lowest BCUT2D eigenvalue weighted by Crippen LogP contribution is -1.97. The van der Waals surface area contributed by atoms with Gasteiger partial charge >= 0.3 is 0 Å². The van der Waals surface area contributed by atoms with E-state index in [9.17, 15) is 0 Å². The van der Waals surface area contributed by atoms with Crippen LogP contribution in [0.3, 0.4) is 0 Å². The Labute approximate surface area is 151 Å². The van der Waals surface area contributed by atoms with Crippen LogP contribution < -0.4 is 0 Å². The van der Waals surface area contributed by atoms with E-state index in [4.69, 9.17) is 9.15 Å². The molecule has 0 fully saturated rings. The van der Waals surface area contributed by atoms with Crippen molar-refractivity contribution in [3.63, 3.8) is 0 Å². The fraction of sp³-hybridized carbons (Fsp3) is 0.300. The summed E-state index contributed by atoms with van der Waals surface area (Å²) >= 11 is 3.55. The van der Waals surface area contributed by atoms with Crippen molar-refractivity contribution >= 4 is 23.1 Å². The summed E-state index contributed by atoms with van der Waals surface area (Å²) in [6.45, 7) is 3.61. The molecule has 0 aliphatic heterocycles. The summed E-state index contributed by atoms with van der Waals surface area (Å²) < 4.78 is 11.7. The summed E-state index contributed by atoms with van der Waals surface area (Å²) in [7, 11) is 0. The number of furan rings is 1. The maximum atomic E-state index is 5.90. The second kappa shape index (κ2) is 9.11. The molecule has 0 aliphatic carbocycles. The van der Waals surface area contributed by atoms with Crippen LogP contribution in [0.25, 0.3) is 10.6 Å². The van der Waals surface area contributed by atoms with Gasteiger partial charge in [-0.05, 0) is 30.0 Å². The minimum Gasteiger partial charge on any atom is -0.463 e. The van der Waals surface area contributed by atoms with Crippen LogP contribution in [0, 0.1) is 0 Å². The largest absolute Gasteiger partial charge is 0.463 e. The molecular weight excluding hydrogens is 336 g/mol. The van der Waals surface area contributed by atoms with Gasteiger partial charge in [-0.1, -0.05) is 37.6 Å². The van der Waals surface area contributed by atoms with Crippen LogP contribution in [0.1, 0.15) is 30.9 Å². The van der Waals surface area contributed by atoms with Gasteiger partial charge in [-0.2, -0.15) is 0 Å². The first kappa shape index (κ1) is 17.3. The molecule has 2 nitrogen and oxygen atoms in total. The summed E-state index contributed by atoms with van der Waals surface area (Å²) in [6.07, 6.45) is 4.12. The molecule has 0 saturated carbocycles. The number of thiophene rings is 1. The van der Waals surface area contributed by atoms with Gasteiger partial charge < -0.3 is 9.15 Å². The zero-order valence-corrected chi connectivity index (χ0v) is 15.5. The molecule has 2 aromatic heterocycles. The van der Waals surface area contributed by atoms with Crippen LogP contribution in [-0.4, -0.2) is 6.61 Å². The second-order valence-electron chi connectivity index (χ2n) is 5.55. The molecule has 0 radical (unpaired) electrons. The van der Waals surface area contributed by atoms with Crippen LogP contribution in [-0.2, 0) is 17.1 Å². The highest BCUT2D eigenvalue weighted by molar-refractivity contribution is 7.98. The number of hydrogen-bond donors (Lipinski definition) is 0. The van der Waals surface area contributed by atoms with Crippen molar-refractivity contribution in [2.45, 2.75) is 37.0 Å². The lowest BCUT2D eigenvalue weighted by Gasteiger charge is -2.07. The number of thioether (sulfide) groups is 1. The maximum Gasteiger partial charge on any atom is 0.148 e. The average Bonchev–Trinajstić information content (AvgIpc) is 3.27. The van der Waals surface area contributed by atoms with E-state index in [2.05, 4.69) is 48.7 Å². The van der Waals surface area contributed by atoms with Gasteiger partial charge in [0.2, 0.25) is 0 Å². The zero-order valence-electron chi connectivity index (χ0n) is 13.9. The van der Waals surface area contributed by atoms with Gasteiger partial charge in [0.15, 0.2) is 0 Å². The first-order chi connectivity index (χ1) is 11.9. The van der Waals surface area contributed by atoms with Gasteiger partial charge in [-0.3, -0.25) is 0 Å². The van der Waals surface area contributed by atoms with Gasteiger partial charge in [0.25, 0.3) is 0 Å². The Kier molecular flexibility index (Phi) is 6.58. The fourth-order valence-electron chi connectivity index (χ4n) is 2.41. The normalized spacial score (nSPS) is 11.0. The number of ether oxygens (including phenoxy) is 1. The minimum absolute atomic E-state index is 0.625. The van der Waals surface area contributed by atoms with Crippen molar-refractivity contribution in [1.29, 1.82) is 0 Å². The van der Waals surface area contributed by atoms with Gasteiger partial charge in [0, 0.05) is 28.4 Å². The summed E-state index contributed by atoms with van der Waals surface area (Å²) in [6, 6.07) is 14.7. The Bertz CT molecular complexity index is 717. The topological polar surface area (TPSA) is 22.4 Å². The van der Waals surface area contributed by atoms with Gasteiger partial charge in [-0.15, -0.1) is 23.1 Å². The lowest BCUT2D eigenvalue weighted by molar-refractivity contribution is 0.117. The Morgan fingerprint density at radius 2 is 2.00 bits per heavy atom. The standard InChI is InChI=1S/C20H22O2S2/c1-2-3-11-21-13-16-14-22-20(19-10-7-12-23-19)18(16)15-24-17-8-5-4-6-9-17/h4-10,12,14H,2-3,11,13,15H2,1H3. The Hall–Kier alpha value is -1.49. The number of benzene rings is 1. The average molecular weight is 359 g/mol.